The molecule has 194 valence electrons. The number of benzene rings is 3. The van der Waals surface area contributed by atoms with Crippen molar-refractivity contribution >= 4 is 48.7 Å². The molecule has 2 N–H and O–H groups in total. The summed E-state index contributed by atoms with van der Waals surface area (Å²) in [5.41, 5.74) is 1.19. The lowest BCUT2D eigenvalue weighted by Gasteiger charge is -2.27. The lowest BCUT2D eigenvalue weighted by atomic mass is 9.78. The number of fused-ring (bicyclic) bond motifs is 1. The first kappa shape index (κ1) is 26.5. The van der Waals surface area contributed by atoms with E-state index in [-0.39, 0.29) is 11.4 Å². The van der Waals surface area contributed by atoms with E-state index < -0.39 is 33.8 Å². The van der Waals surface area contributed by atoms with Gasteiger partial charge in [0.2, 0.25) is 10.0 Å². The molecule has 0 fully saturated rings. The second kappa shape index (κ2) is 10.1. The minimum Gasteiger partial charge on any atom is -0.435 e. The Morgan fingerprint density at radius 3 is 2.30 bits per heavy atom. The van der Waals surface area contributed by atoms with E-state index in [0.29, 0.717) is 21.5 Å². The van der Waals surface area contributed by atoms with Crippen molar-refractivity contribution in [1.29, 1.82) is 0 Å². The predicted molar refractivity (Wildman–Crippen MR) is 140 cm³/mol. The van der Waals surface area contributed by atoms with E-state index in [4.69, 9.17) is 0 Å². The van der Waals surface area contributed by atoms with Gasteiger partial charge in [-0.1, -0.05) is 26.0 Å². The standard InChI is InChI=1S/C26H23F3N2O4S2/c1-26(2,16-4-6-18(27)7-5-16)17-12-20(14-21(13-17)35-25(28)29)30-24(32)23-11-15-10-19(31-37(3,33)34)8-9-22(15)36-23/h4-14,25,31H,1-3H3,(H,30,32). The van der Waals surface area contributed by atoms with Crippen LogP contribution >= 0.6 is 11.3 Å². The maximum absolute atomic E-state index is 13.4. The zero-order chi connectivity index (χ0) is 27.0. The molecule has 1 heterocycles. The van der Waals surface area contributed by atoms with Crippen LogP contribution in [-0.2, 0) is 15.4 Å². The van der Waals surface area contributed by atoms with Gasteiger partial charge in [-0.2, -0.15) is 8.78 Å². The minimum atomic E-state index is -3.46. The number of alkyl halides is 2. The predicted octanol–water partition coefficient (Wildman–Crippen LogP) is 6.59. The molecule has 0 aliphatic carbocycles. The second-order valence-corrected chi connectivity index (χ2v) is 11.8. The van der Waals surface area contributed by atoms with Gasteiger partial charge in [-0.15, -0.1) is 11.3 Å². The third-order valence-corrected chi connectivity index (χ3v) is 7.44. The van der Waals surface area contributed by atoms with Crippen LogP contribution in [-0.4, -0.2) is 27.2 Å². The van der Waals surface area contributed by atoms with Crippen molar-refractivity contribution in [2.45, 2.75) is 25.9 Å². The van der Waals surface area contributed by atoms with Crippen molar-refractivity contribution in [2.75, 3.05) is 16.3 Å². The van der Waals surface area contributed by atoms with Crippen LogP contribution in [0.4, 0.5) is 24.5 Å². The molecule has 0 bridgehead atoms. The number of anilines is 2. The highest BCUT2D eigenvalue weighted by Gasteiger charge is 2.25. The fraction of sp³-hybridized carbons (Fsp3) is 0.192. The van der Waals surface area contributed by atoms with Crippen LogP contribution in [0.25, 0.3) is 10.1 Å². The summed E-state index contributed by atoms with van der Waals surface area (Å²) in [6.45, 7) is 0.633. The van der Waals surface area contributed by atoms with Crippen LogP contribution in [0.15, 0.2) is 66.7 Å². The number of carbonyl (C=O) groups is 1. The van der Waals surface area contributed by atoms with Crippen molar-refractivity contribution in [1.82, 2.24) is 0 Å². The largest absolute Gasteiger partial charge is 0.435 e. The number of sulfonamides is 1. The number of ether oxygens (including phenoxy) is 1. The molecule has 0 radical (unpaired) electrons. The van der Waals surface area contributed by atoms with Crippen LogP contribution in [0.5, 0.6) is 5.75 Å². The van der Waals surface area contributed by atoms with E-state index in [9.17, 15) is 26.4 Å². The maximum atomic E-state index is 13.4. The van der Waals surface area contributed by atoms with Gasteiger partial charge in [0.15, 0.2) is 0 Å². The molecule has 11 heteroatoms. The third-order valence-electron chi connectivity index (χ3n) is 5.72. The van der Waals surface area contributed by atoms with E-state index >= 15 is 0 Å². The highest BCUT2D eigenvalue weighted by Crippen LogP contribution is 2.36. The summed E-state index contributed by atoms with van der Waals surface area (Å²) in [6, 6.07) is 16.8. The number of rotatable bonds is 8. The number of nitrogens with one attached hydrogen (secondary N) is 2. The maximum Gasteiger partial charge on any atom is 0.387 e. The molecular weight excluding hydrogens is 525 g/mol. The number of hydrogen-bond acceptors (Lipinski definition) is 5. The molecule has 0 saturated carbocycles. The SMILES string of the molecule is CC(C)(c1ccc(F)cc1)c1cc(NC(=O)c2cc3cc(NS(C)(=O)=O)ccc3s2)cc(OC(F)F)c1. The Hall–Kier alpha value is -3.57. The van der Waals surface area contributed by atoms with Crippen molar-refractivity contribution in [3.8, 4) is 5.75 Å². The number of halogens is 3. The second-order valence-electron chi connectivity index (χ2n) is 8.95. The van der Waals surface area contributed by atoms with Gasteiger partial charge in [0.05, 0.1) is 11.1 Å². The van der Waals surface area contributed by atoms with Crippen molar-refractivity contribution in [3.63, 3.8) is 0 Å². The minimum absolute atomic E-state index is 0.134. The van der Waals surface area contributed by atoms with Crippen LogP contribution in [0.2, 0.25) is 0 Å². The lowest BCUT2D eigenvalue weighted by Crippen LogP contribution is -2.20. The van der Waals surface area contributed by atoms with Crippen LogP contribution < -0.4 is 14.8 Å². The topological polar surface area (TPSA) is 84.5 Å². The van der Waals surface area contributed by atoms with Gasteiger partial charge in [-0.3, -0.25) is 9.52 Å². The average Bonchev–Trinajstić information content (AvgIpc) is 3.21. The molecule has 0 aliphatic heterocycles. The first-order chi connectivity index (χ1) is 17.3. The van der Waals surface area contributed by atoms with Gasteiger partial charge in [0.1, 0.15) is 11.6 Å². The third kappa shape index (κ3) is 6.41. The van der Waals surface area contributed by atoms with Crippen LogP contribution in [0.1, 0.15) is 34.6 Å². The summed E-state index contributed by atoms with van der Waals surface area (Å²) in [4.78, 5) is 13.4. The number of hydrogen-bond donors (Lipinski definition) is 2. The molecule has 0 saturated heterocycles. The van der Waals surface area contributed by atoms with Crippen molar-refractivity contribution < 1.29 is 31.1 Å². The monoisotopic (exact) mass is 548 g/mol. The molecule has 4 aromatic rings. The summed E-state index contributed by atoms with van der Waals surface area (Å²) in [5, 5.41) is 3.40. The first-order valence-electron chi connectivity index (χ1n) is 11.0. The summed E-state index contributed by atoms with van der Waals surface area (Å²) < 4.78 is 70.3. The Morgan fingerprint density at radius 1 is 0.946 bits per heavy atom. The zero-order valence-corrected chi connectivity index (χ0v) is 21.6. The Morgan fingerprint density at radius 2 is 1.65 bits per heavy atom. The molecule has 0 unspecified atom stereocenters. The number of thiophene rings is 1. The Balaban J connectivity index is 1.66. The molecule has 0 aliphatic rings. The molecule has 3 aromatic carbocycles. The highest BCUT2D eigenvalue weighted by molar-refractivity contribution is 7.92. The van der Waals surface area contributed by atoms with Crippen molar-refractivity contribution in [3.05, 3.63) is 88.6 Å². The van der Waals surface area contributed by atoms with Gasteiger partial charge >= 0.3 is 6.61 Å². The fourth-order valence-corrected chi connectivity index (χ4v) is 5.36. The van der Waals surface area contributed by atoms with E-state index in [1.165, 1.54) is 35.6 Å². The molecule has 4 rings (SSSR count). The Labute approximate surface area is 216 Å². The molecule has 0 spiro atoms. The summed E-state index contributed by atoms with van der Waals surface area (Å²) in [6.07, 6.45) is 1.04. The zero-order valence-electron chi connectivity index (χ0n) is 20.0. The van der Waals surface area contributed by atoms with Gasteiger partial charge in [0.25, 0.3) is 5.91 Å². The molecule has 37 heavy (non-hydrogen) atoms. The van der Waals surface area contributed by atoms with Gasteiger partial charge in [-0.25, -0.2) is 12.8 Å². The van der Waals surface area contributed by atoms with Gasteiger partial charge in [-0.05, 0) is 65.0 Å². The lowest BCUT2D eigenvalue weighted by molar-refractivity contribution is -0.0498. The molecule has 1 aromatic heterocycles. The number of amides is 1. The molecule has 6 nitrogen and oxygen atoms in total. The molecular formula is C26H23F3N2O4S2. The summed E-state index contributed by atoms with van der Waals surface area (Å²) >= 11 is 1.20. The van der Waals surface area contributed by atoms with Crippen LogP contribution in [0.3, 0.4) is 0 Å². The Kier molecular flexibility index (Phi) is 7.20. The van der Waals surface area contributed by atoms with Crippen molar-refractivity contribution in [2.24, 2.45) is 0 Å². The smallest absolute Gasteiger partial charge is 0.387 e. The number of carbonyl (C=O) groups excluding carboxylic acids is 1. The normalized spacial score (nSPS) is 12.1. The quantitative estimate of drug-likeness (QED) is 0.260. The fourth-order valence-electron chi connectivity index (χ4n) is 3.86. The Bertz CT molecular complexity index is 1570. The van der Waals surface area contributed by atoms with E-state index in [2.05, 4.69) is 14.8 Å². The van der Waals surface area contributed by atoms with Gasteiger partial charge in [0, 0.05) is 27.6 Å². The van der Waals surface area contributed by atoms with Crippen LogP contribution in [0, 0.1) is 5.82 Å². The highest BCUT2D eigenvalue weighted by atomic mass is 32.2. The van der Waals surface area contributed by atoms with E-state index in [0.717, 1.165) is 16.5 Å². The van der Waals surface area contributed by atoms with E-state index in [1.54, 1.807) is 42.5 Å². The van der Waals surface area contributed by atoms with E-state index in [1.807, 2.05) is 13.8 Å². The van der Waals surface area contributed by atoms with Gasteiger partial charge < -0.3 is 10.1 Å². The average molecular weight is 549 g/mol. The molecule has 1 amide bonds. The summed E-state index contributed by atoms with van der Waals surface area (Å²) in [5.74, 6) is -1.01. The first-order valence-corrected chi connectivity index (χ1v) is 13.7. The molecule has 0 atom stereocenters. The summed E-state index contributed by atoms with van der Waals surface area (Å²) in [7, 11) is -3.46.